The summed E-state index contributed by atoms with van der Waals surface area (Å²) in [6.07, 6.45) is 1.20. The zero-order chi connectivity index (χ0) is 19.0. The molecule has 8 heteroatoms. The van der Waals surface area contributed by atoms with Crippen LogP contribution in [0.25, 0.3) is 0 Å². The highest BCUT2D eigenvalue weighted by Crippen LogP contribution is 2.56. The number of nitrogens with zero attached hydrogens (tertiary/aromatic N) is 2. The van der Waals surface area contributed by atoms with E-state index in [-0.39, 0.29) is 11.3 Å². The van der Waals surface area contributed by atoms with E-state index in [1.54, 1.807) is 34.6 Å². The highest BCUT2D eigenvalue weighted by atomic mass is 32.2. The van der Waals surface area contributed by atoms with E-state index < -0.39 is 38.6 Å². The monoisotopic (exact) mass is 354 g/mol. The zero-order valence-electron chi connectivity index (χ0n) is 14.4. The van der Waals surface area contributed by atoms with Crippen molar-refractivity contribution < 1.29 is 24.6 Å². The first-order chi connectivity index (χ1) is 10.8. The molecule has 0 aromatic heterocycles. The molecule has 24 heavy (non-hydrogen) atoms. The molecule has 132 valence electrons. The summed E-state index contributed by atoms with van der Waals surface area (Å²) in [5, 5.41) is 25.8. The molecule has 0 radical (unpaired) electrons. The first-order valence-electron chi connectivity index (χ1n) is 7.20. The third-order valence-electron chi connectivity index (χ3n) is 3.98. The van der Waals surface area contributed by atoms with Gasteiger partial charge in [0.1, 0.15) is 11.4 Å². The Balaban J connectivity index is 0.000000351. The van der Waals surface area contributed by atoms with E-state index in [1.807, 2.05) is 6.07 Å². The van der Waals surface area contributed by atoms with Gasteiger partial charge < -0.3 is 15.1 Å². The van der Waals surface area contributed by atoms with Crippen molar-refractivity contribution in [1.29, 1.82) is 5.26 Å². The van der Waals surface area contributed by atoms with Gasteiger partial charge in [-0.1, -0.05) is 5.87 Å². The van der Waals surface area contributed by atoms with Gasteiger partial charge in [-0.25, -0.2) is 4.79 Å². The molecule has 2 aliphatic heterocycles. The number of fused-ring (bicyclic) bond motifs is 1. The van der Waals surface area contributed by atoms with Crippen molar-refractivity contribution in [2.75, 3.05) is 0 Å². The van der Waals surface area contributed by atoms with E-state index in [0.29, 0.717) is 5.57 Å². The number of hydrogen-bond donors (Lipinski definition) is 2. The molecule has 0 spiro atoms. The molecule has 2 N–H and O–H groups in total. The van der Waals surface area contributed by atoms with Crippen molar-refractivity contribution in [3.8, 4) is 6.07 Å². The molecule has 1 amide bonds. The van der Waals surface area contributed by atoms with Crippen molar-refractivity contribution >= 4 is 34.2 Å². The highest BCUT2D eigenvalue weighted by Gasteiger charge is 2.62. The number of rotatable bonds is 1. The molecule has 2 heterocycles. The minimum Gasteiger partial charge on any atom is -0.481 e. The van der Waals surface area contributed by atoms with Crippen molar-refractivity contribution in [1.82, 2.24) is 4.90 Å². The van der Waals surface area contributed by atoms with Crippen molar-refractivity contribution in [3.63, 3.8) is 0 Å². The fraction of sp³-hybridized carbons (Fsp3) is 0.562. The maximum atomic E-state index is 11.8. The third-order valence-corrected chi connectivity index (χ3v) is 6.57. The van der Waals surface area contributed by atoms with Crippen LogP contribution in [0.2, 0.25) is 0 Å². The normalized spacial score (nSPS) is 29.0. The lowest BCUT2D eigenvalue weighted by Gasteiger charge is -2.39. The van der Waals surface area contributed by atoms with Crippen LogP contribution < -0.4 is 0 Å². The molecule has 1 unspecified atom stereocenters. The number of hydrogen-bond acceptors (Lipinski definition) is 4. The van der Waals surface area contributed by atoms with E-state index in [1.165, 1.54) is 11.0 Å². The topological polar surface area (TPSA) is 119 Å². The van der Waals surface area contributed by atoms with Gasteiger partial charge in [0, 0.05) is 10.8 Å². The predicted octanol–water partition coefficient (Wildman–Crippen LogP) is 1.67. The van der Waals surface area contributed by atoms with Gasteiger partial charge >= 0.3 is 11.9 Å². The Hall–Kier alpha value is -2.14. The number of nitriles is 1. The molecule has 0 bridgehead atoms. The second-order valence-electron chi connectivity index (χ2n) is 7.12. The SMILES string of the molecule is C=S1[C@@H]2/C(=C/C#N)C(=O)N2[C@@H](C(=O)O)C1(C)C.CC(C)(C)C(=O)O. The van der Waals surface area contributed by atoms with Crippen LogP contribution in [0.3, 0.4) is 0 Å². The van der Waals surface area contributed by atoms with Gasteiger partial charge in [-0.15, -0.1) is 0 Å². The number of allylic oxidation sites excluding steroid dienone is 1. The van der Waals surface area contributed by atoms with E-state index >= 15 is 0 Å². The first-order valence-corrected chi connectivity index (χ1v) is 8.65. The van der Waals surface area contributed by atoms with Crippen molar-refractivity contribution in [2.24, 2.45) is 5.41 Å². The third kappa shape index (κ3) is 3.22. The fourth-order valence-corrected chi connectivity index (χ4v) is 4.42. The number of amides is 1. The molecular formula is C16H22N2O5S. The molecule has 7 nitrogen and oxygen atoms in total. The summed E-state index contributed by atoms with van der Waals surface area (Å²) < 4.78 is -0.572. The minimum absolute atomic E-state index is 0.307. The second kappa shape index (κ2) is 6.40. The summed E-state index contributed by atoms with van der Waals surface area (Å²) >= 11 is 0. The van der Waals surface area contributed by atoms with E-state index in [4.69, 9.17) is 10.4 Å². The zero-order valence-corrected chi connectivity index (χ0v) is 15.2. The van der Waals surface area contributed by atoms with Crippen LogP contribution in [0.4, 0.5) is 0 Å². The Kier molecular flexibility index (Phi) is 5.31. The van der Waals surface area contributed by atoms with Gasteiger partial charge in [0.05, 0.1) is 17.1 Å². The van der Waals surface area contributed by atoms with Gasteiger partial charge in [-0.05, 0) is 34.6 Å². The van der Waals surface area contributed by atoms with Crippen LogP contribution in [0.5, 0.6) is 0 Å². The Morgan fingerprint density at radius 3 is 2.17 bits per heavy atom. The van der Waals surface area contributed by atoms with Crippen LogP contribution in [0.15, 0.2) is 11.6 Å². The molecular weight excluding hydrogens is 332 g/mol. The Bertz CT molecular complexity index is 682. The average molecular weight is 354 g/mol. The van der Waals surface area contributed by atoms with Gasteiger partial charge in [-0.2, -0.15) is 15.7 Å². The lowest BCUT2D eigenvalue weighted by atomic mass is 9.96. The largest absolute Gasteiger partial charge is 0.481 e. The van der Waals surface area contributed by atoms with Crippen molar-refractivity contribution in [2.45, 2.75) is 50.8 Å². The molecule has 2 rings (SSSR count). The van der Waals surface area contributed by atoms with Gasteiger partial charge in [0.25, 0.3) is 5.91 Å². The lowest BCUT2D eigenvalue weighted by molar-refractivity contribution is -0.152. The number of carboxylic acids is 2. The molecule has 0 saturated carbocycles. The quantitative estimate of drug-likeness (QED) is 0.320. The minimum atomic E-state index is -1.01. The second-order valence-corrected chi connectivity index (χ2v) is 9.48. The Morgan fingerprint density at radius 2 is 1.83 bits per heavy atom. The number of carbonyl (C=O) groups is 3. The highest BCUT2D eigenvalue weighted by molar-refractivity contribution is 8.16. The van der Waals surface area contributed by atoms with Crippen molar-refractivity contribution in [3.05, 3.63) is 11.6 Å². The van der Waals surface area contributed by atoms with Crippen LogP contribution in [0.1, 0.15) is 34.6 Å². The molecule has 0 aromatic rings. The molecule has 0 aliphatic carbocycles. The maximum Gasteiger partial charge on any atom is 0.327 e. The number of carbonyl (C=O) groups excluding carboxylic acids is 1. The first kappa shape index (κ1) is 19.9. The standard InChI is InChI=1S/C11H12N2O3S.C5H10O2/c1-11(2)7(10(15)16)13-8(14)6(4-5-12)9(13)17(11)3;1-5(2,3)4(6)7/h4,7,9H,3H2,1-2H3,(H,15,16);1-3H3,(H,6,7)/b6-4+;/t7-,9+,17?;/m0./s1. The molecule has 2 saturated heterocycles. The number of aliphatic carboxylic acids is 2. The van der Waals surface area contributed by atoms with Gasteiger partial charge in [0.15, 0.2) is 0 Å². The maximum absolute atomic E-state index is 11.8. The summed E-state index contributed by atoms with van der Waals surface area (Å²) in [4.78, 5) is 34.4. The summed E-state index contributed by atoms with van der Waals surface area (Å²) in [6.45, 7) is 8.59. The summed E-state index contributed by atoms with van der Waals surface area (Å²) in [5.41, 5.74) is -0.192. The van der Waals surface area contributed by atoms with E-state index in [9.17, 15) is 19.5 Å². The van der Waals surface area contributed by atoms with E-state index in [2.05, 4.69) is 5.87 Å². The van der Waals surface area contributed by atoms with Crippen LogP contribution >= 0.6 is 10.5 Å². The number of carboxylic acid groups (broad SMARTS) is 2. The molecule has 2 aliphatic rings. The number of β-lactam (4-membered cyclic amide) rings is 1. The molecule has 0 aromatic carbocycles. The lowest BCUT2D eigenvalue weighted by Crippen LogP contribution is -2.58. The average Bonchev–Trinajstić information content (AvgIpc) is 2.61. The van der Waals surface area contributed by atoms with Crippen LogP contribution in [-0.4, -0.2) is 55.0 Å². The smallest absolute Gasteiger partial charge is 0.327 e. The summed E-state index contributed by atoms with van der Waals surface area (Å²) in [5.74, 6) is 1.87. The summed E-state index contributed by atoms with van der Waals surface area (Å²) in [6, 6.07) is 0.974. The van der Waals surface area contributed by atoms with E-state index in [0.717, 1.165) is 0 Å². The Morgan fingerprint density at radius 1 is 1.38 bits per heavy atom. The van der Waals surface area contributed by atoms with Gasteiger partial charge in [0.2, 0.25) is 0 Å². The summed E-state index contributed by atoms with van der Waals surface area (Å²) in [7, 11) is -0.519. The van der Waals surface area contributed by atoms with Crippen LogP contribution in [0, 0.1) is 16.7 Å². The Labute approximate surface area is 143 Å². The molecule has 2 fully saturated rings. The van der Waals surface area contributed by atoms with Gasteiger partial charge in [-0.3, -0.25) is 9.59 Å². The molecule has 3 atom stereocenters. The fourth-order valence-electron chi connectivity index (χ4n) is 2.37. The predicted molar refractivity (Wildman–Crippen MR) is 91.6 cm³/mol. The van der Waals surface area contributed by atoms with Crippen LogP contribution in [-0.2, 0) is 14.4 Å².